The predicted molar refractivity (Wildman–Crippen MR) is 75.7 cm³/mol. The van der Waals surface area contributed by atoms with Crippen LogP contribution in [0.1, 0.15) is 0 Å². The first kappa shape index (κ1) is 18.0. The summed E-state index contributed by atoms with van der Waals surface area (Å²) in [6.45, 7) is 3.35. The Bertz CT molecular complexity index is 485. The van der Waals surface area contributed by atoms with E-state index in [2.05, 4.69) is 20.1 Å². The molecule has 0 spiro atoms. The molecule has 3 heterocycles. The zero-order valence-electron chi connectivity index (χ0n) is 11.0. The van der Waals surface area contributed by atoms with Gasteiger partial charge in [0.2, 0.25) is 0 Å². The van der Waals surface area contributed by atoms with Gasteiger partial charge in [-0.3, -0.25) is 10.1 Å². The molecule has 0 saturated carbocycles. The molecule has 8 nitrogen and oxygen atoms in total. The molecular formula is C12H20N4O4. The number of pyridine rings is 1. The number of nitrogens with zero attached hydrogens (tertiary/aromatic N) is 3. The standard InChI is InChI=1S/C12H14N4O.3H2O/c1-3-13-4-2-10(1)11-9-14-15-12(11)16-5-7-17-8-6-16;;;/h1-4,9H,5-8H2,(H,14,15);3*1H2. The summed E-state index contributed by atoms with van der Waals surface area (Å²) < 4.78 is 5.36. The SMILES string of the molecule is O.O.O.c1cc(-c2cn[nH]c2N2CCOCC2)ccn1. The van der Waals surface area contributed by atoms with Gasteiger partial charge in [-0.05, 0) is 17.7 Å². The normalized spacial score (nSPS) is 13.7. The third kappa shape index (κ3) is 3.52. The van der Waals surface area contributed by atoms with Gasteiger partial charge in [-0.15, -0.1) is 0 Å². The van der Waals surface area contributed by atoms with E-state index in [4.69, 9.17) is 4.74 Å². The molecule has 0 amide bonds. The van der Waals surface area contributed by atoms with Crippen molar-refractivity contribution < 1.29 is 21.2 Å². The van der Waals surface area contributed by atoms with Crippen LogP contribution in [0.4, 0.5) is 5.82 Å². The average Bonchev–Trinajstić information content (AvgIpc) is 2.90. The Morgan fingerprint density at radius 2 is 1.70 bits per heavy atom. The van der Waals surface area contributed by atoms with Gasteiger partial charge in [-0.25, -0.2) is 0 Å². The highest BCUT2D eigenvalue weighted by Gasteiger charge is 2.17. The van der Waals surface area contributed by atoms with E-state index < -0.39 is 0 Å². The van der Waals surface area contributed by atoms with E-state index in [1.165, 1.54) is 0 Å². The fourth-order valence-electron chi connectivity index (χ4n) is 2.05. The predicted octanol–water partition coefficient (Wildman–Crippen LogP) is -1.17. The molecule has 1 fully saturated rings. The van der Waals surface area contributed by atoms with E-state index in [0.717, 1.165) is 43.2 Å². The van der Waals surface area contributed by atoms with E-state index in [1.54, 1.807) is 12.4 Å². The summed E-state index contributed by atoms with van der Waals surface area (Å²) in [5.74, 6) is 1.07. The molecule has 8 heteroatoms. The van der Waals surface area contributed by atoms with Crippen molar-refractivity contribution in [3.8, 4) is 11.1 Å². The van der Waals surface area contributed by atoms with Crippen molar-refractivity contribution in [2.24, 2.45) is 0 Å². The molecule has 0 aliphatic carbocycles. The summed E-state index contributed by atoms with van der Waals surface area (Å²) in [4.78, 5) is 6.30. The molecule has 112 valence electrons. The lowest BCUT2D eigenvalue weighted by atomic mass is 10.1. The Hall–Kier alpha value is -2.00. The number of morpholine rings is 1. The van der Waals surface area contributed by atoms with Crippen LogP contribution in [0.2, 0.25) is 0 Å². The highest BCUT2D eigenvalue weighted by molar-refractivity contribution is 5.75. The molecule has 3 rings (SSSR count). The van der Waals surface area contributed by atoms with Crippen molar-refractivity contribution in [3.05, 3.63) is 30.7 Å². The molecule has 1 aliphatic rings. The minimum atomic E-state index is 0. The van der Waals surface area contributed by atoms with Gasteiger partial charge in [0.1, 0.15) is 5.82 Å². The molecule has 2 aromatic rings. The average molecular weight is 284 g/mol. The summed E-state index contributed by atoms with van der Waals surface area (Å²) in [5.41, 5.74) is 2.25. The van der Waals surface area contributed by atoms with Gasteiger partial charge in [-0.1, -0.05) is 0 Å². The summed E-state index contributed by atoms with van der Waals surface area (Å²) in [6, 6.07) is 3.99. The molecule has 1 saturated heterocycles. The van der Waals surface area contributed by atoms with Crippen molar-refractivity contribution in [3.63, 3.8) is 0 Å². The second kappa shape index (κ2) is 8.23. The maximum absolute atomic E-state index is 5.36. The topological polar surface area (TPSA) is 149 Å². The highest BCUT2D eigenvalue weighted by Crippen LogP contribution is 2.28. The lowest BCUT2D eigenvalue weighted by Gasteiger charge is -2.28. The van der Waals surface area contributed by atoms with Crippen LogP contribution in [0, 0.1) is 0 Å². The fraction of sp³-hybridized carbons (Fsp3) is 0.333. The summed E-state index contributed by atoms with van der Waals surface area (Å²) >= 11 is 0. The Labute approximate surface area is 116 Å². The lowest BCUT2D eigenvalue weighted by Crippen LogP contribution is -2.36. The summed E-state index contributed by atoms with van der Waals surface area (Å²) in [7, 11) is 0. The van der Waals surface area contributed by atoms with Gasteiger partial charge in [0.15, 0.2) is 0 Å². The Balaban J connectivity index is 0.00000120. The van der Waals surface area contributed by atoms with E-state index in [9.17, 15) is 0 Å². The summed E-state index contributed by atoms with van der Waals surface area (Å²) in [5, 5.41) is 7.22. The third-order valence-electron chi connectivity index (χ3n) is 2.94. The van der Waals surface area contributed by atoms with E-state index in [-0.39, 0.29) is 16.4 Å². The van der Waals surface area contributed by atoms with E-state index in [0.29, 0.717) is 0 Å². The second-order valence-corrected chi connectivity index (χ2v) is 3.97. The third-order valence-corrected chi connectivity index (χ3v) is 2.94. The van der Waals surface area contributed by atoms with Crippen molar-refractivity contribution in [1.29, 1.82) is 0 Å². The first-order valence-electron chi connectivity index (χ1n) is 5.71. The van der Waals surface area contributed by atoms with Crippen LogP contribution in [0.25, 0.3) is 11.1 Å². The number of nitrogens with one attached hydrogen (secondary N) is 1. The van der Waals surface area contributed by atoms with Gasteiger partial charge < -0.3 is 26.1 Å². The van der Waals surface area contributed by atoms with Crippen LogP contribution in [-0.4, -0.2) is 57.9 Å². The molecule has 20 heavy (non-hydrogen) atoms. The largest absolute Gasteiger partial charge is 0.412 e. The minimum absolute atomic E-state index is 0. The summed E-state index contributed by atoms with van der Waals surface area (Å²) in [6.07, 6.45) is 5.46. The Morgan fingerprint density at radius 3 is 2.35 bits per heavy atom. The number of H-pyrrole nitrogens is 1. The number of ether oxygens (including phenoxy) is 1. The van der Waals surface area contributed by atoms with Crippen LogP contribution in [0.3, 0.4) is 0 Å². The minimum Gasteiger partial charge on any atom is -0.412 e. The highest BCUT2D eigenvalue weighted by atomic mass is 16.5. The number of aromatic nitrogens is 3. The van der Waals surface area contributed by atoms with Gasteiger partial charge in [-0.2, -0.15) is 5.10 Å². The van der Waals surface area contributed by atoms with Crippen LogP contribution in [0.5, 0.6) is 0 Å². The second-order valence-electron chi connectivity index (χ2n) is 3.97. The molecule has 0 unspecified atom stereocenters. The van der Waals surface area contributed by atoms with Crippen molar-refractivity contribution in [2.45, 2.75) is 0 Å². The molecule has 0 bridgehead atoms. The van der Waals surface area contributed by atoms with E-state index in [1.807, 2.05) is 18.3 Å². The monoisotopic (exact) mass is 284 g/mol. The van der Waals surface area contributed by atoms with E-state index >= 15 is 0 Å². The zero-order valence-corrected chi connectivity index (χ0v) is 11.0. The first-order chi connectivity index (χ1) is 8.45. The van der Waals surface area contributed by atoms with Crippen LogP contribution in [-0.2, 0) is 4.74 Å². The molecule has 0 aromatic carbocycles. The number of anilines is 1. The number of hydrogen-bond donors (Lipinski definition) is 1. The first-order valence-corrected chi connectivity index (χ1v) is 5.71. The lowest BCUT2D eigenvalue weighted by molar-refractivity contribution is 0.122. The number of rotatable bonds is 2. The van der Waals surface area contributed by atoms with Crippen molar-refractivity contribution >= 4 is 5.82 Å². The van der Waals surface area contributed by atoms with Crippen molar-refractivity contribution in [1.82, 2.24) is 15.2 Å². The van der Waals surface area contributed by atoms with Crippen LogP contribution < -0.4 is 4.90 Å². The van der Waals surface area contributed by atoms with Crippen LogP contribution in [0.15, 0.2) is 30.7 Å². The molecular weight excluding hydrogens is 264 g/mol. The smallest absolute Gasteiger partial charge is 0.132 e. The Kier molecular flexibility index (Phi) is 7.40. The van der Waals surface area contributed by atoms with Crippen LogP contribution >= 0.6 is 0 Å². The van der Waals surface area contributed by atoms with Gasteiger partial charge >= 0.3 is 0 Å². The van der Waals surface area contributed by atoms with Gasteiger partial charge in [0, 0.05) is 31.0 Å². The number of aromatic amines is 1. The molecule has 1 aliphatic heterocycles. The van der Waals surface area contributed by atoms with Gasteiger partial charge in [0.25, 0.3) is 0 Å². The number of hydrogen-bond acceptors (Lipinski definition) is 4. The van der Waals surface area contributed by atoms with Crippen molar-refractivity contribution in [2.75, 3.05) is 31.2 Å². The van der Waals surface area contributed by atoms with Gasteiger partial charge in [0.05, 0.1) is 19.4 Å². The maximum Gasteiger partial charge on any atom is 0.132 e. The maximum atomic E-state index is 5.36. The molecule has 2 aromatic heterocycles. The zero-order chi connectivity index (χ0) is 11.5. The quantitative estimate of drug-likeness (QED) is 0.739. The Morgan fingerprint density at radius 1 is 1.05 bits per heavy atom. The molecule has 0 radical (unpaired) electrons. The molecule has 7 N–H and O–H groups in total. The fourth-order valence-corrected chi connectivity index (χ4v) is 2.05. The molecule has 0 atom stereocenters.